The summed E-state index contributed by atoms with van der Waals surface area (Å²) in [6, 6.07) is 10.2. The molecule has 0 saturated heterocycles. The Labute approximate surface area is 153 Å². The number of nitrogens with one attached hydrogen (secondary N) is 1. The van der Waals surface area contributed by atoms with Gasteiger partial charge in [0.1, 0.15) is 30.0 Å². The lowest BCUT2D eigenvalue weighted by Gasteiger charge is -2.08. The molecule has 9 nitrogen and oxygen atoms in total. The molecular formula is C18H14N6O3. The van der Waals surface area contributed by atoms with Crippen molar-refractivity contribution in [1.29, 1.82) is 0 Å². The van der Waals surface area contributed by atoms with Gasteiger partial charge in [-0.3, -0.25) is 9.36 Å². The number of nitrogens with zero attached hydrogens (tertiary/aromatic N) is 5. The number of imidazole rings is 1. The van der Waals surface area contributed by atoms with Gasteiger partial charge in [-0.25, -0.2) is 15.0 Å². The molecule has 4 rings (SSSR count). The number of hydrogen-bond donors (Lipinski definition) is 1. The zero-order valence-electron chi connectivity index (χ0n) is 14.2. The van der Waals surface area contributed by atoms with E-state index in [0.717, 1.165) is 0 Å². The minimum Gasteiger partial charge on any atom is -0.439 e. The van der Waals surface area contributed by atoms with Gasteiger partial charge in [0.15, 0.2) is 5.69 Å². The number of benzene rings is 1. The molecule has 0 unspecified atom stereocenters. The second kappa shape index (κ2) is 7.08. The first-order valence-electron chi connectivity index (χ1n) is 8.00. The number of carbonyl (C=O) groups is 1. The van der Waals surface area contributed by atoms with Crippen LogP contribution in [0.5, 0.6) is 11.6 Å². The summed E-state index contributed by atoms with van der Waals surface area (Å²) < 4.78 is 12.4. The minimum absolute atomic E-state index is 0.223. The normalized spacial score (nSPS) is 10.6. The van der Waals surface area contributed by atoms with E-state index in [2.05, 4.69) is 25.4 Å². The average molecular weight is 362 g/mol. The summed E-state index contributed by atoms with van der Waals surface area (Å²) in [6.07, 6.45) is 6.50. The molecule has 0 bridgehead atoms. The summed E-state index contributed by atoms with van der Waals surface area (Å²) in [5, 5.41) is 6.42. The summed E-state index contributed by atoms with van der Waals surface area (Å²) in [4.78, 5) is 24.3. The quantitative estimate of drug-likeness (QED) is 0.581. The molecule has 4 aromatic rings. The molecule has 0 aliphatic rings. The van der Waals surface area contributed by atoms with E-state index in [1.54, 1.807) is 66.6 Å². The van der Waals surface area contributed by atoms with Crippen LogP contribution < -0.4 is 10.1 Å². The Morgan fingerprint density at radius 1 is 1.19 bits per heavy atom. The van der Waals surface area contributed by atoms with Crippen molar-refractivity contribution in [1.82, 2.24) is 24.7 Å². The fraction of sp³-hybridized carbons (Fsp3) is 0.0556. The summed E-state index contributed by atoms with van der Waals surface area (Å²) in [6.45, 7) is 1.72. The average Bonchev–Trinajstić information content (AvgIpc) is 3.35. The third-order valence-electron chi connectivity index (χ3n) is 3.59. The molecule has 0 atom stereocenters. The Hall–Kier alpha value is -4.01. The van der Waals surface area contributed by atoms with E-state index in [9.17, 15) is 4.79 Å². The first-order valence-corrected chi connectivity index (χ1v) is 8.00. The van der Waals surface area contributed by atoms with E-state index in [4.69, 9.17) is 9.26 Å². The van der Waals surface area contributed by atoms with Crippen LogP contribution in [0.25, 0.3) is 5.82 Å². The molecule has 9 heteroatoms. The first-order chi connectivity index (χ1) is 13.2. The van der Waals surface area contributed by atoms with Gasteiger partial charge in [0.25, 0.3) is 5.91 Å². The van der Waals surface area contributed by atoms with Crippen molar-refractivity contribution in [2.24, 2.45) is 0 Å². The molecule has 0 aliphatic carbocycles. The monoisotopic (exact) mass is 362 g/mol. The third kappa shape index (κ3) is 3.82. The Kier molecular flexibility index (Phi) is 4.32. The molecule has 0 spiro atoms. The number of amides is 1. The Balaban J connectivity index is 1.44. The molecule has 134 valence electrons. The van der Waals surface area contributed by atoms with Crippen molar-refractivity contribution in [2.75, 3.05) is 5.32 Å². The Morgan fingerprint density at radius 2 is 2.04 bits per heavy atom. The Bertz CT molecular complexity index is 1060. The minimum atomic E-state index is -0.346. The number of aromatic nitrogens is 5. The number of ether oxygens (including phenoxy) is 1. The van der Waals surface area contributed by atoms with Crippen molar-refractivity contribution >= 4 is 11.6 Å². The van der Waals surface area contributed by atoms with Crippen molar-refractivity contribution in [3.8, 4) is 17.4 Å². The van der Waals surface area contributed by atoms with Crippen molar-refractivity contribution in [2.45, 2.75) is 6.92 Å². The van der Waals surface area contributed by atoms with Gasteiger partial charge in [-0.2, -0.15) is 0 Å². The van der Waals surface area contributed by atoms with Crippen molar-refractivity contribution in [3.05, 3.63) is 72.9 Å². The lowest BCUT2D eigenvalue weighted by molar-refractivity contribution is 0.101. The molecule has 0 fully saturated rings. The summed E-state index contributed by atoms with van der Waals surface area (Å²) in [5.41, 5.74) is 0.829. The van der Waals surface area contributed by atoms with Crippen LogP contribution in [-0.4, -0.2) is 30.6 Å². The highest BCUT2D eigenvalue weighted by molar-refractivity contribution is 6.02. The molecule has 1 N–H and O–H groups in total. The summed E-state index contributed by atoms with van der Waals surface area (Å²) in [7, 11) is 0. The van der Waals surface area contributed by atoms with E-state index < -0.39 is 0 Å². The molecule has 3 aromatic heterocycles. The van der Waals surface area contributed by atoms with Crippen LogP contribution in [0.1, 0.15) is 16.2 Å². The summed E-state index contributed by atoms with van der Waals surface area (Å²) in [5.74, 6) is 1.83. The van der Waals surface area contributed by atoms with Crippen molar-refractivity contribution < 1.29 is 14.1 Å². The molecule has 1 aromatic carbocycles. The van der Waals surface area contributed by atoms with Gasteiger partial charge in [-0.15, -0.1) is 0 Å². The highest BCUT2D eigenvalue weighted by atomic mass is 16.5. The van der Waals surface area contributed by atoms with Crippen LogP contribution in [0.4, 0.5) is 5.69 Å². The van der Waals surface area contributed by atoms with E-state index in [-0.39, 0.29) is 11.6 Å². The maximum Gasteiger partial charge on any atom is 0.277 e. The van der Waals surface area contributed by atoms with Gasteiger partial charge >= 0.3 is 0 Å². The number of aryl methyl sites for hydroxylation is 1. The molecule has 0 aliphatic heterocycles. The highest BCUT2D eigenvalue weighted by Gasteiger charge is 2.11. The maximum absolute atomic E-state index is 12.1. The van der Waals surface area contributed by atoms with Crippen LogP contribution in [0, 0.1) is 6.92 Å². The van der Waals surface area contributed by atoms with Gasteiger partial charge in [0.2, 0.25) is 5.88 Å². The summed E-state index contributed by atoms with van der Waals surface area (Å²) >= 11 is 0. The van der Waals surface area contributed by atoms with E-state index >= 15 is 0 Å². The zero-order valence-corrected chi connectivity index (χ0v) is 14.2. The van der Waals surface area contributed by atoms with E-state index in [1.165, 1.54) is 6.33 Å². The van der Waals surface area contributed by atoms with Gasteiger partial charge in [0, 0.05) is 30.2 Å². The number of hydrogen-bond acceptors (Lipinski definition) is 7. The number of rotatable bonds is 5. The van der Waals surface area contributed by atoms with Crippen LogP contribution >= 0.6 is 0 Å². The first kappa shape index (κ1) is 16.5. The lowest BCUT2D eigenvalue weighted by atomic mass is 10.3. The predicted molar refractivity (Wildman–Crippen MR) is 94.9 cm³/mol. The fourth-order valence-corrected chi connectivity index (χ4v) is 2.32. The van der Waals surface area contributed by atoms with E-state index in [0.29, 0.717) is 28.9 Å². The number of anilines is 1. The lowest BCUT2D eigenvalue weighted by Crippen LogP contribution is -2.11. The number of carbonyl (C=O) groups excluding carboxylic acids is 1. The topological polar surface area (TPSA) is 108 Å². The molecule has 0 radical (unpaired) electrons. The fourth-order valence-electron chi connectivity index (χ4n) is 2.32. The van der Waals surface area contributed by atoms with E-state index in [1.807, 2.05) is 0 Å². The molecule has 3 heterocycles. The van der Waals surface area contributed by atoms with Gasteiger partial charge in [-0.05, 0) is 31.2 Å². The molecular weight excluding hydrogens is 348 g/mol. The molecule has 1 amide bonds. The molecule has 0 saturated carbocycles. The van der Waals surface area contributed by atoms with Gasteiger partial charge in [-0.1, -0.05) is 5.16 Å². The largest absolute Gasteiger partial charge is 0.439 e. The predicted octanol–water partition coefficient (Wildman–Crippen LogP) is 3.00. The second-order valence-electron chi connectivity index (χ2n) is 5.59. The second-order valence-corrected chi connectivity index (χ2v) is 5.59. The van der Waals surface area contributed by atoms with Crippen LogP contribution in [-0.2, 0) is 0 Å². The maximum atomic E-state index is 12.1. The van der Waals surface area contributed by atoms with Gasteiger partial charge < -0.3 is 14.6 Å². The highest BCUT2D eigenvalue weighted by Crippen LogP contribution is 2.22. The SMILES string of the molecule is Cc1cc(C(=O)Nc2ccc(Oc3cc(-n4ccnc4)ncn3)cc2)no1. The van der Waals surface area contributed by atoms with Gasteiger partial charge in [0.05, 0.1) is 0 Å². The Morgan fingerprint density at radius 3 is 2.74 bits per heavy atom. The molecule has 27 heavy (non-hydrogen) atoms. The van der Waals surface area contributed by atoms with Crippen molar-refractivity contribution in [3.63, 3.8) is 0 Å². The van der Waals surface area contributed by atoms with Crippen LogP contribution in [0.15, 0.2) is 66.0 Å². The van der Waals surface area contributed by atoms with Crippen LogP contribution in [0.3, 0.4) is 0 Å². The van der Waals surface area contributed by atoms with Crippen LogP contribution in [0.2, 0.25) is 0 Å². The standard InChI is InChI=1S/C18H14N6O3/c1-12-8-15(23-27-12)18(25)22-13-2-4-14(5-3-13)26-17-9-16(20-10-21-17)24-7-6-19-11-24/h2-11H,1H3,(H,22,25). The smallest absolute Gasteiger partial charge is 0.277 e. The third-order valence-corrected chi connectivity index (χ3v) is 3.59. The zero-order chi connectivity index (χ0) is 18.6.